The molecule has 29 heavy (non-hydrogen) atoms. The number of ether oxygens (including phenoxy) is 1. The topological polar surface area (TPSA) is 52.8 Å². The molecule has 0 fully saturated rings. The second kappa shape index (κ2) is 9.34. The van der Waals surface area contributed by atoms with E-state index in [-0.39, 0.29) is 10.0 Å². The first-order valence-electron chi connectivity index (χ1n) is 8.39. The van der Waals surface area contributed by atoms with Gasteiger partial charge in [0.05, 0.1) is 15.6 Å². The van der Waals surface area contributed by atoms with E-state index in [9.17, 15) is 13.2 Å². The van der Waals surface area contributed by atoms with E-state index in [4.69, 9.17) is 27.9 Å². The largest absolute Gasteiger partial charge is 0.417 e. The van der Waals surface area contributed by atoms with Crippen molar-refractivity contribution < 1.29 is 17.9 Å². The van der Waals surface area contributed by atoms with Crippen LogP contribution in [-0.2, 0) is 17.5 Å². The third-order valence-corrected chi connectivity index (χ3v) is 5.62. The molecule has 0 unspecified atom stereocenters. The molecule has 3 rings (SSSR count). The van der Waals surface area contributed by atoms with Gasteiger partial charge >= 0.3 is 6.18 Å². The van der Waals surface area contributed by atoms with E-state index in [2.05, 4.69) is 15.2 Å². The Morgan fingerprint density at radius 1 is 1.14 bits per heavy atom. The minimum Gasteiger partial charge on any atom is -0.385 e. The minimum atomic E-state index is -4.52. The van der Waals surface area contributed by atoms with Crippen LogP contribution in [0.3, 0.4) is 0 Å². The number of benzene rings is 1. The van der Waals surface area contributed by atoms with Crippen molar-refractivity contribution >= 4 is 35.0 Å². The van der Waals surface area contributed by atoms with Gasteiger partial charge in [-0.25, -0.2) is 4.98 Å². The molecule has 0 radical (unpaired) electrons. The number of halogens is 5. The van der Waals surface area contributed by atoms with Gasteiger partial charge in [0, 0.05) is 32.0 Å². The van der Waals surface area contributed by atoms with Crippen LogP contribution in [0, 0.1) is 0 Å². The van der Waals surface area contributed by atoms with Gasteiger partial charge < -0.3 is 9.30 Å². The molecule has 11 heteroatoms. The van der Waals surface area contributed by atoms with Gasteiger partial charge in [0.1, 0.15) is 5.03 Å². The molecule has 2 aromatic heterocycles. The molecule has 154 valence electrons. The minimum absolute atomic E-state index is 0.115. The van der Waals surface area contributed by atoms with Gasteiger partial charge in [-0.3, -0.25) is 0 Å². The third-order valence-electron chi connectivity index (χ3n) is 3.88. The molecule has 5 nitrogen and oxygen atoms in total. The summed E-state index contributed by atoms with van der Waals surface area (Å²) in [7, 11) is 1.60. The van der Waals surface area contributed by atoms with Gasteiger partial charge in [-0.05, 0) is 36.4 Å². The van der Waals surface area contributed by atoms with E-state index in [1.165, 1.54) is 0 Å². The van der Waals surface area contributed by atoms with E-state index < -0.39 is 11.7 Å². The molecular weight excluding hydrogens is 448 g/mol. The van der Waals surface area contributed by atoms with Crippen molar-refractivity contribution in [3.05, 3.63) is 52.1 Å². The van der Waals surface area contributed by atoms with Crippen molar-refractivity contribution in [1.29, 1.82) is 0 Å². The van der Waals surface area contributed by atoms with Crippen molar-refractivity contribution in [2.45, 2.75) is 29.3 Å². The summed E-state index contributed by atoms with van der Waals surface area (Å²) in [4.78, 5) is 3.86. The van der Waals surface area contributed by atoms with Crippen molar-refractivity contribution in [3.63, 3.8) is 0 Å². The normalized spacial score (nSPS) is 11.8. The van der Waals surface area contributed by atoms with Crippen LogP contribution in [0.1, 0.15) is 12.0 Å². The molecule has 0 aliphatic carbocycles. The Labute approximate surface area is 179 Å². The Hall–Kier alpha value is -1.81. The van der Waals surface area contributed by atoms with Crippen molar-refractivity contribution in [2.24, 2.45) is 0 Å². The fourth-order valence-electron chi connectivity index (χ4n) is 2.52. The van der Waals surface area contributed by atoms with E-state index in [0.29, 0.717) is 41.1 Å². The second-order valence-electron chi connectivity index (χ2n) is 5.89. The number of rotatable bonds is 7. The second-order valence-corrected chi connectivity index (χ2v) is 7.67. The average molecular weight is 463 g/mol. The number of aromatic nitrogens is 4. The molecule has 3 aromatic rings. The summed E-state index contributed by atoms with van der Waals surface area (Å²) in [6, 6.07) is 8.04. The highest BCUT2D eigenvalue weighted by Gasteiger charge is 2.32. The third kappa shape index (κ3) is 5.22. The maximum atomic E-state index is 12.8. The molecular formula is C18H15Cl2F3N4OS. The Bertz CT molecular complexity index is 997. The van der Waals surface area contributed by atoms with Gasteiger partial charge in [0.15, 0.2) is 11.0 Å². The quantitative estimate of drug-likeness (QED) is 0.412. The average Bonchev–Trinajstić information content (AvgIpc) is 3.05. The van der Waals surface area contributed by atoms with Gasteiger partial charge in [-0.15, -0.1) is 10.2 Å². The summed E-state index contributed by atoms with van der Waals surface area (Å²) in [5.41, 5.74) is -0.220. The maximum Gasteiger partial charge on any atom is 0.417 e. The van der Waals surface area contributed by atoms with E-state index in [1.54, 1.807) is 19.2 Å². The smallest absolute Gasteiger partial charge is 0.385 e. The number of nitrogens with zero attached hydrogens (tertiary/aromatic N) is 4. The first-order valence-corrected chi connectivity index (χ1v) is 9.96. The number of pyridine rings is 1. The predicted octanol–water partition coefficient (Wildman–Crippen LogP) is 5.85. The number of alkyl halides is 3. The molecule has 0 amide bonds. The van der Waals surface area contributed by atoms with Crippen LogP contribution in [0.5, 0.6) is 0 Å². The van der Waals surface area contributed by atoms with Crippen LogP contribution < -0.4 is 0 Å². The molecule has 0 saturated heterocycles. The van der Waals surface area contributed by atoms with Crippen LogP contribution in [0.2, 0.25) is 10.0 Å². The molecule has 0 N–H and O–H groups in total. The molecule has 2 heterocycles. The molecule has 0 spiro atoms. The van der Waals surface area contributed by atoms with Crippen LogP contribution in [-0.4, -0.2) is 33.5 Å². The zero-order chi connectivity index (χ0) is 21.0. The number of hydrogen-bond donors (Lipinski definition) is 0. The van der Waals surface area contributed by atoms with Crippen LogP contribution >= 0.6 is 35.0 Å². The summed E-state index contributed by atoms with van der Waals surface area (Å²) < 4.78 is 45.4. The monoisotopic (exact) mass is 462 g/mol. The lowest BCUT2D eigenvalue weighted by Crippen LogP contribution is -2.07. The Morgan fingerprint density at radius 3 is 2.55 bits per heavy atom. The highest BCUT2D eigenvalue weighted by Crippen LogP contribution is 2.37. The van der Waals surface area contributed by atoms with Crippen molar-refractivity contribution in [2.75, 3.05) is 13.7 Å². The molecule has 0 bridgehead atoms. The zero-order valence-electron chi connectivity index (χ0n) is 15.1. The lowest BCUT2D eigenvalue weighted by molar-refractivity contribution is -0.137. The van der Waals surface area contributed by atoms with E-state index in [1.807, 2.05) is 16.7 Å². The number of hydrogen-bond acceptors (Lipinski definition) is 5. The van der Waals surface area contributed by atoms with Gasteiger partial charge in [-0.2, -0.15) is 13.2 Å². The van der Waals surface area contributed by atoms with Crippen LogP contribution in [0.15, 0.2) is 46.7 Å². The summed E-state index contributed by atoms with van der Waals surface area (Å²) in [6.07, 6.45) is -3.10. The first kappa shape index (κ1) is 21.9. The predicted molar refractivity (Wildman–Crippen MR) is 105 cm³/mol. The SMILES string of the molecule is COCCCn1c(Sc2ncc(C(F)(F)F)cc2Cl)nnc1-c1ccccc1Cl. The first-order chi connectivity index (χ1) is 13.8. The lowest BCUT2D eigenvalue weighted by atomic mass is 10.2. The van der Waals surface area contributed by atoms with E-state index >= 15 is 0 Å². The lowest BCUT2D eigenvalue weighted by Gasteiger charge is -2.12. The fraction of sp³-hybridized carbons (Fsp3) is 0.278. The molecule has 0 aliphatic heterocycles. The molecule has 0 atom stereocenters. The van der Waals surface area contributed by atoms with Crippen LogP contribution in [0.25, 0.3) is 11.4 Å². The number of methoxy groups -OCH3 is 1. The highest BCUT2D eigenvalue weighted by molar-refractivity contribution is 7.99. The van der Waals surface area contributed by atoms with E-state index in [0.717, 1.165) is 24.0 Å². The molecule has 0 aliphatic rings. The summed E-state index contributed by atoms with van der Waals surface area (Å²) in [5.74, 6) is 0.539. The highest BCUT2D eigenvalue weighted by atomic mass is 35.5. The standard InChI is InChI=1S/C18H15Cl2F3N4OS/c1-28-8-4-7-27-15(12-5-2-3-6-13(12)19)25-26-17(27)29-16-14(20)9-11(10-24-16)18(21,22)23/h2-3,5-6,9-10H,4,7-8H2,1H3. The summed E-state index contributed by atoms with van der Waals surface area (Å²) in [6.45, 7) is 1.03. The Balaban J connectivity index is 1.96. The molecule has 0 saturated carbocycles. The summed E-state index contributed by atoms with van der Waals surface area (Å²) >= 11 is 13.4. The molecule has 1 aromatic carbocycles. The summed E-state index contributed by atoms with van der Waals surface area (Å²) in [5, 5.41) is 9.43. The Morgan fingerprint density at radius 2 is 1.90 bits per heavy atom. The van der Waals surface area contributed by atoms with Gasteiger partial charge in [0.2, 0.25) is 0 Å². The van der Waals surface area contributed by atoms with Gasteiger partial charge in [0.25, 0.3) is 0 Å². The van der Waals surface area contributed by atoms with Gasteiger partial charge in [-0.1, -0.05) is 35.3 Å². The van der Waals surface area contributed by atoms with Crippen molar-refractivity contribution in [3.8, 4) is 11.4 Å². The maximum absolute atomic E-state index is 12.8. The Kier molecular flexibility index (Phi) is 7.05. The van der Waals surface area contributed by atoms with Crippen LogP contribution in [0.4, 0.5) is 13.2 Å². The van der Waals surface area contributed by atoms with Crippen molar-refractivity contribution in [1.82, 2.24) is 19.7 Å². The fourth-order valence-corrected chi connectivity index (χ4v) is 3.82. The zero-order valence-corrected chi connectivity index (χ0v) is 17.4.